The molecule has 1 saturated carbocycles. The van der Waals surface area contributed by atoms with E-state index in [1.165, 1.54) is 0 Å². The Hall–Kier alpha value is -2.07. The maximum Gasteiger partial charge on any atom is 0.257 e. The predicted octanol–water partition coefficient (Wildman–Crippen LogP) is 4.97. The minimum atomic E-state index is -3.39. The van der Waals surface area contributed by atoms with Gasteiger partial charge in [0.05, 0.1) is 22.6 Å². The maximum absolute atomic E-state index is 13.5. The minimum Gasteiger partial charge on any atom is -0.396 e. The van der Waals surface area contributed by atoms with Crippen LogP contribution in [-0.4, -0.2) is 55.7 Å². The number of fused-ring (bicyclic) bond motifs is 2. The smallest absolute Gasteiger partial charge is 0.257 e. The number of nitrogens with zero attached hydrogens (tertiary/aromatic N) is 1. The molecule has 2 aromatic carbocycles. The quantitative estimate of drug-likeness (QED) is 0.356. The summed E-state index contributed by atoms with van der Waals surface area (Å²) >= 11 is 1.60. The topological polar surface area (TPSA) is 98.7 Å². The van der Waals surface area contributed by atoms with Crippen molar-refractivity contribution in [1.29, 1.82) is 0 Å². The largest absolute Gasteiger partial charge is 0.396 e. The summed E-state index contributed by atoms with van der Waals surface area (Å²) in [6.45, 7) is 10.8. The van der Waals surface area contributed by atoms with Gasteiger partial charge in [-0.05, 0) is 100 Å². The first kappa shape index (κ1) is 28.9. The number of aliphatic hydroxyl groups excluding tert-OH is 1. The summed E-state index contributed by atoms with van der Waals surface area (Å²) in [6.07, 6.45) is 4.02. The first-order valence-electron chi connectivity index (χ1n) is 13.4. The van der Waals surface area contributed by atoms with Gasteiger partial charge >= 0.3 is 0 Å². The lowest BCUT2D eigenvalue weighted by Crippen LogP contribution is -2.57. The highest BCUT2D eigenvalue weighted by Gasteiger charge is 2.47. The highest BCUT2D eigenvalue weighted by molar-refractivity contribution is 7.99. The van der Waals surface area contributed by atoms with E-state index in [-0.39, 0.29) is 12.5 Å². The van der Waals surface area contributed by atoms with Crippen molar-refractivity contribution >= 4 is 39.1 Å². The Morgan fingerprint density at radius 1 is 1.18 bits per heavy atom. The Kier molecular flexibility index (Phi) is 8.52. The SMILES string of the molecule is Cc1cc(NC(=O)c2ccc(SCCO)cc2N2CCC3(C)CC2C3)ccc1CCNS(=O)(=O)C(C)(C)C. The van der Waals surface area contributed by atoms with E-state index in [1.807, 2.05) is 37.3 Å². The fourth-order valence-corrected chi connectivity index (χ4v) is 6.87. The van der Waals surface area contributed by atoms with E-state index >= 15 is 0 Å². The van der Waals surface area contributed by atoms with Crippen LogP contribution in [0.3, 0.4) is 0 Å². The second-order valence-corrected chi connectivity index (χ2v) is 15.6. The number of sulfonamides is 1. The summed E-state index contributed by atoms with van der Waals surface area (Å²) in [5.74, 6) is 0.479. The Labute approximate surface area is 231 Å². The molecule has 2 heterocycles. The number of rotatable bonds is 10. The van der Waals surface area contributed by atoms with Gasteiger partial charge in [-0.25, -0.2) is 13.1 Å². The van der Waals surface area contributed by atoms with Crippen LogP contribution >= 0.6 is 11.8 Å². The summed E-state index contributed by atoms with van der Waals surface area (Å²) in [5, 5.41) is 12.3. The van der Waals surface area contributed by atoms with Crippen molar-refractivity contribution in [3.05, 3.63) is 53.1 Å². The number of aryl methyl sites for hydroxylation is 1. The Morgan fingerprint density at radius 3 is 2.53 bits per heavy atom. The molecule has 208 valence electrons. The van der Waals surface area contributed by atoms with E-state index in [4.69, 9.17) is 0 Å². The fourth-order valence-electron chi connectivity index (χ4n) is 5.38. The standard InChI is InChI=1S/C29H41N3O4S2/c1-20-16-22(7-6-21(20)10-12-30-38(35,36)28(2,3)4)31-27(34)25-9-8-24(37-15-14-33)17-26(25)32-13-11-29(5)18-23(32)19-29/h6-9,16-17,23,30,33H,10-15,18-19H2,1-5H3,(H,31,34). The Bertz CT molecular complexity index is 1280. The highest BCUT2D eigenvalue weighted by atomic mass is 32.2. The van der Waals surface area contributed by atoms with E-state index in [1.54, 1.807) is 32.5 Å². The molecule has 2 bridgehead atoms. The summed E-state index contributed by atoms with van der Waals surface area (Å²) in [6, 6.07) is 12.2. The van der Waals surface area contributed by atoms with Gasteiger partial charge in [-0.15, -0.1) is 11.8 Å². The summed E-state index contributed by atoms with van der Waals surface area (Å²) in [7, 11) is -3.39. The molecule has 3 fully saturated rings. The molecule has 38 heavy (non-hydrogen) atoms. The van der Waals surface area contributed by atoms with Crippen molar-refractivity contribution in [2.75, 3.05) is 35.7 Å². The number of aliphatic hydroxyl groups is 1. The molecular weight excluding hydrogens is 518 g/mol. The van der Waals surface area contributed by atoms with Gasteiger partial charge in [0.15, 0.2) is 0 Å². The third kappa shape index (κ3) is 6.38. The Morgan fingerprint density at radius 2 is 1.92 bits per heavy atom. The van der Waals surface area contributed by atoms with Gasteiger partial charge < -0.3 is 15.3 Å². The number of anilines is 2. The lowest BCUT2D eigenvalue weighted by Gasteiger charge is -2.57. The second kappa shape index (κ2) is 11.2. The molecule has 2 aliphatic heterocycles. The predicted molar refractivity (Wildman–Crippen MR) is 157 cm³/mol. The molecule has 2 saturated heterocycles. The molecular formula is C29H41N3O4S2. The molecule has 7 nitrogen and oxygen atoms in total. The molecule has 9 heteroatoms. The zero-order valence-electron chi connectivity index (χ0n) is 23.1. The summed E-state index contributed by atoms with van der Waals surface area (Å²) < 4.78 is 26.5. The van der Waals surface area contributed by atoms with Gasteiger partial charge in [0.2, 0.25) is 10.0 Å². The molecule has 5 rings (SSSR count). The second-order valence-electron chi connectivity index (χ2n) is 11.9. The molecule has 3 aliphatic rings. The fraction of sp³-hybridized carbons (Fsp3) is 0.552. The number of amides is 1. The molecule has 1 aliphatic carbocycles. The van der Waals surface area contributed by atoms with Crippen LogP contribution in [0.1, 0.15) is 68.4 Å². The maximum atomic E-state index is 13.5. The zero-order chi connectivity index (χ0) is 27.7. The normalized spacial score (nSPS) is 21.2. The van der Waals surface area contributed by atoms with Gasteiger partial charge in [-0.3, -0.25) is 4.79 Å². The molecule has 0 aromatic heterocycles. The van der Waals surface area contributed by atoms with Gasteiger partial charge in [-0.2, -0.15) is 0 Å². The van der Waals surface area contributed by atoms with Gasteiger partial charge in [0.1, 0.15) is 0 Å². The van der Waals surface area contributed by atoms with E-state index in [9.17, 15) is 18.3 Å². The minimum absolute atomic E-state index is 0.116. The van der Waals surface area contributed by atoms with Crippen molar-refractivity contribution < 1.29 is 18.3 Å². The number of benzene rings is 2. The number of nitrogens with one attached hydrogen (secondary N) is 2. The first-order chi connectivity index (χ1) is 17.8. The van der Waals surface area contributed by atoms with Crippen LogP contribution in [0.5, 0.6) is 0 Å². The number of carbonyl (C=O) groups is 1. The number of thioether (sulfide) groups is 1. The third-order valence-corrected chi connectivity index (χ3v) is 11.0. The average Bonchev–Trinajstić information content (AvgIpc) is 2.82. The van der Waals surface area contributed by atoms with E-state index in [0.29, 0.717) is 41.4 Å². The van der Waals surface area contributed by atoms with E-state index < -0.39 is 14.8 Å². The molecule has 3 N–H and O–H groups in total. The number of hydrogen-bond acceptors (Lipinski definition) is 6. The van der Waals surface area contributed by atoms with Crippen LogP contribution in [0.2, 0.25) is 0 Å². The van der Waals surface area contributed by atoms with Gasteiger partial charge in [0.25, 0.3) is 5.91 Å². The molecule has 0 spiro atoms. The first-order valence-corrected chi connectivity index (χ1v) is 15.8. The Balaban J connectivity index is 1.47. The highest BCUT2D eigenvalue weighted by Crippen LogP contribution is 2.52. The number of carbonyl (C=O) groups excluding carboxylic acids is 1. The summed E-state index contributed by atoms with van der Waals surface area (Å²) in [4.78, 5) is 17.0. The zero-order valence-corrected chi connectivity index (χ0v) is 24.8. The molecule has 0 atom stereocenters. The van der Waals surface area contributed by atoms with Crippen LogP contribution in [0, 0.1) is 12.3 Å². The van der Waals surface area contributed by atoms with Crippen LogP contribution in [0.25, 0.3) is 0 Å². The van der Waals surface area contributed by atoms with E-state index in [2.05, 4.69) is 27.9 Å². The van der Waals surface area contributed by atoms with Gasteiger partial charge in [0, 0.05) is 35.5 Å². The van der Waals surface area contributed by atoms with Crippen molar-refractivity contribution in [2.45, 2.75) is 76.0 Å². The lowest BCUT2D eigenvalue weighted by atomic mass is 9.61. The monoisotopic (exact) mass is 559 g/mol. The number of hydrogen-bond donors (Lipinski definition) is 3. The van der Waals surface area contributed by atoms with E-state index in [0.717, 1.165) is 47.5 Å². The van der Waals surface area contributed by atoms with Gasteiger partial charge in [-0.1, -0.05) is 13.0 Å². The molecule has 0 unspecified atom stereocenters. The average molecular weight is 560 g/mol. The molecule has 0 radical (unpaired) electrons. The van der Waals surface area contributed by atoms with Crippen LogP contribution in [0.4, 0.5) is 11.4 Å². The number of piperidine rings is 2. The summed E-state index contributed by atoms with van der Waals surface area (Å²) in [5.41, 5.74) is 4.82. The van der Waals surface area contributed by atoms with Crippen LogP contribution in [0.15, 0.2) is 41.3 Å². The molecule has 1 amide bonds. The van der Waals surface area contributed by atoms with Crippen molar-refractivity contribution in [3.8, 4) is 0 Å². The van der Waals surface area contributed by atoms with Crippen LogP contribution < -0.4 is 14.9 Å². The van der Waals surface area contributed by atoms with Crippen molar-refractivity contribution in [3.63, 3.8) is 0 Å². The lowest BCUT2D eigenvalue weighted by molar-refractivity contribution is 0.0749. The van der Waals surface area contributed by atoms with Crippen molar-refractivity contribution in [1.82, 2.24) is 4.72 Å². The van der Waals surface area contributed by atoms with Crippen molar-refractivity contribution in [2.24, 2.45) is 5.41 Å². The molecule has 2 aromatic rings. The third-order valence-electron chi connectivity index (χ3n) is 7.83. The van der Waals surface area contributed by atoms with Crippen LogP contribution in [-0.2, 0) is 16.4 Å².